The molecule has 1 aromatic heterocycles. The molecule has 1 saturated carbocycles. The van der Waals surface area contributed by atoms with Gasteiger partial charge < -0.3 is 10.5 Å². The van der Waals surface area contributed by atoms with Crippen molar-refractivity contribution in [3.63, 3.8) is 0 Å². The summed E-state index contributed by atoms with van der Waals surface area (Å²) < 4.78 is 5.21. The number of nitrogens with two attached hydrogens (primary N) is 1. The average Bonchev–Trinajstić information content (AvgIpc) is 2.16. The third kappa shape index (κ3) is 2.68. The van der Waals surface area contributed by atoms with Crippen LogP contribution in [-0.2, 0) is 16.0 Å². The lowest BCUT2D eigenvalue weighted by atomic mass is 9.96. The van der Waals surface area contributed by atoms with Crippen molar-refractivity contribution in [1.82, 2.24) is 4.98 Å². The maximum atomic E-state index is 11.4. The Bertz CT molecular complexity index is 344. The Morgan fingerprint density at radius 1 is 1.53 bits per heavy atom. The molecule has 0 bridgehead atoms. The fourth-order valence-corrected chi connectivity index (χ4v) is 1.40. The van der Waals surface area contributed by atoms with Gasteiger partial charge in [-0.15, -0.1) is 0 Å². The SMILES string of the molecule is Nc1ccc(CC(=O)OC2CCC2)nc1. The molecule has 0 unspecified atom stereocenters. The van der Waals surface area contributed by atoms with Gasteiger partial charge in [-0.1, -0.05) is 0 Å². The lowest BCUT2D eigenvalue weighted by Crippen LogP contribution is -2.26. The molecule has 0 atom stereocenters. The standard InChI is InChI=1S/C11H14N2O2/c12-8-4-5-9(13-7-8)6-11(14)15-10-2-1-3-10/h4-5,7,10H,1-3,6,12H2. The van der Waals surface area contributed by atoms with Crippen molar-refractivity contribution in [2.24, 2.45) is 0 Å². The number of esters is 1. The molecule has 0 aromatic carbocycles. The molecular formula is C11H14N2O2. The number of hydrogen-bond acceptors (Lipinski definition) is 4. The van der Waals surface area contributed by atoms with E-state index in [1.807, 2.05) is 0 Å². The summed E-state index contributed by atoms with van der Waals surface area (Å²) in [5.74, 6) is -0.197. The van der Waals surface area contributed by atoms with Crippen LogP contribution in [0, 0.1) is 0 Å². The van der Waals surface area contributed by atoms with Crippen LogP contribution in [0.2, 0.25) is 0 Å². The Labute approximate surface area is 88.4 Å². The molecule has 2 N–H and O–H groups in total. The van der Waals surface area contributed by atoms with Crippen molar-refractivity contribution in [2.75, 3.05) is 5.73 Å². The number of ether oxygens (including phenoxy) is 1. The Morgan fingerprint density at radius 2 is 2.33 bits per heavy atom. The number of carbonyl (C=O) groups excluding carboxylic acids is 1. The highest BCUT2D eigenvalue weighted by molar-refractivity contribution is 5.72. The Morgan fingerprint density at radius 3 is 2.87 bits per heavy atom. The van der Waals surface area contributed by atoms with Gasteiger partial charge in [-0.3, -0.25) is 9.78 Å². The van der Waals surface area contributed by atoms with Crippen LogP contribution in [0.5, 0.6) is 0 Å². The lowest BCUT2D eigenvalue weighted by molar-refractivity contribution is -0.152. The second kappa shape index (κ2) is 4.29. The van der Waals surface area contributed by atoms with Crippen LogP contribution in [0.15, 0.2) is 18.3 Å². The highest BCUT2D eigenvalue weighted by Crippen LogP contribution is 2.22. The second-order valence-electron chi connectivity index (χ2n) is 3.80. The van der Waals surface area contributed by atoms with Crippen LogP contribution in [0.1, 0.15) is 25.0 Å². The third-order valence-electron chi connectivity index (χ3n) is 2.52. The summed E-state index contributed by atoms with van der Waals surface area (Å²) in [5.41, 5.74) is 6.80. The number of pyridine rings is 1. The zero-order valence-electron chi connectivity index (χ0n) is 8.48. The number of rotatable bonds is 3. The number of nitrogens with zero attached hydrogens (tertiary/aromatic N) is 1. The van der Waals surface area contributed by atoms with E-state index in [0.29, 0.717) is 11.4 Å². The van der Waals surface area contributed by atoms with Gasteiger partial charge in [-0.2, -0.15) is 0 Å². The predicted molar refractivity (Wildman–Crippen MR) is 56.1 cm³/mol. The van der Waals surface area contributed by atoms with Crippen molar-refractivity contribution in [3.05, 3.63) is 24.0 Å². The smallest absolute Gasteiger partial charge is 0.312 e. The van der Waals surface area contributed by atoms with Gasteiger partial charge >= 0.3 is 5.97 Å². The molecule has 1 aliphatic carbocycles. The van der Waals surface area contributed by atoms with Crippen molar-refractivity contribution >= 4 is 11.7 Å². The lowest BCUT2D eigenvalue weighted by Gasteiger charge is -2.25. The summed E-state index contributed by atoms with van der Waals surface area (Å²) >= 11 is 0. The first-order chi connectivity index (χ1) is 7.24. The maximum Gasteiger partial charge on any atom is 0.312 e. The monoisotopic (exact) mass is 206 g/mol. The largest absolute Gasteiger partial charge is 0.462 e. The summed E-state index contributed by atoms with van der Waals surface area (Å²) in [5, 5.41) is 0. The molecule has 2 rings (SSSR count). The first kappa shape index (κ1) is 9.96. The first-order valence-corrected chi connectivity index (χ1v) is 5.14. The van der Waals surface area contributed by atoms with E-state index in [9.17, 15) is 4.79 Å². The van der Waals surface area contributed by atoms with Crippen molar-refractivity contribution in [1.29, 1.82) is 0 Å². The molecule has 0 saturated heterocycles. The van der Waals surface area contributed by atoms with Gasteiger partial charge in [-0.25, -0.2) is 0 Å². The molecule has 4 nitrogen and oxygen atoms in total. The predicted octanol–water partition coefficient (Wildman–Crippen LogP) is 1.30. The van der Waals surface area contributed by atoms with E-state index < -0.39 is 0 Å². The normalized spacial score (nSPS) is 15.7. The molecule has 0 aliphatic heterocycles. The van der Waals surface area contributed by atoms with Crippen molar-refractivity contribution in [2.45, 2.75) is 31.8 Å². The van der Waals surface area contributed by atoms with Crippen molar-refractivity contribution in [3.8, 4) is 0 Å². The van der Waals surface area contributed by atoms with E-state index >= 15 is 0 Å². The highest BCUT2D eigenvalue weighted by Gasteiger charge is 2.21. The van der Waals surface area contributed by atoms with Gasteiger partial charge in [0.2, 0.25) is 0 Å². The van der Waals surface area contributed by atoms with E-state index in [-0.39, 0.29) is 18.5 Å². The molecule has 1 heterocycles. The molecule has 15 heavy (non-hydrogen) atoms. The summed E-state index contributed by atoms with van der Waals surface area (Å²) in [7, 11) is 0. The van der Waals surface area contributed by atoms with Crippen LogP contribution in [0.3, 0.4) is 0 Å². The quantitative estimate of drug-likeness (QED) is 0.757. The zero-order valence-corrected chi connectivity index (χ0v) is 8.48. The molecule has 0 spiro atoms. The van der Waals surface area contributed by atoms with Gasteiger partial charge in [0, 0.05) is 0 Å². The van der Waals surface area contributed by atoms with Crippen LogP contribution >= 0.6 is 0 Å². The number of carbonyl (C=O) groups is 1. The maximum absolute atomic E-state index is 11.4. The van der Waals surface area contributed by atoms with Crippen molar-refractivity contribution < 1.29 is 9.53 Å². The molecule has 0 radical (unpaired) electrons. The summed E-state index contributed by atoms with van der Waals surface area (Å²) in [6.45, 7) is 0. The third-order valence-corrected chi connectivity index (χ3v) is 2.52. The van der Waals surface area contributed by atoms with Gasteiger partial charge in [0.1, 0.15) is 6.10 Å². The van der Waals surface area contributed by atoms with E-state index in [4.69, 9.17) is 10.5 Å². The van der Waals surface area contributed by atoms with Gasteiger partial charge in [0.05, 0.1) is 24.0 Å². The molecule has 1 aliphatic rings. The topological polar surface area (TPSA) is 65.2 Å². The first-order valence-electron chi connectivity index (χ1n) is 5.14. The summed E-state index contributed by atoms with van der Waals surface area (Å²) in [4.78, 5) is 15.5. The van der Waals surface area contributed by atoms with E-state index in [0.717, 1.165) is 19.3 Å². The van der Waals surface area contributed by atoms with Crippen LogP contribution in [-0.4, -0.2) is 17.1 Å². The minimum Gasteiger partial charge on any atom is -0.462 e. The van der Waals surface area contributed by atoms with Crippen LogP contribution in [0.25, 0.3) is 0 Å². The zero-order chi connectivity index (χ0) is 10.7. The van der Waals surface area contributed by atoms with Gasteiger partial charge in [0.25, 0.3) is 0 Å². The Kier molecular flexibility index (Phi) is 2.85. The molecule has 4 heteroatoms. The Balaban J connectivity index is 1.84. The average molecular weight is 206 g/mol. The summed E-state index contributed by atoms with van der Waals surface area (Å²) in [6, 6.07) is 3.48. The highest BCUT2D eigenvalue weighted by atomic mass is 16.5. The van der Waals surface area contributed by atoms with Gasteiger partial charge in [-0.05, 0) is 31.4 Å². The minimum atomic E-state index is -0.197. The number of hydrogen-bond donors (Lipinski definition) is 1. The van der Waals surface area contributed by atoms with Crippen LogP contribution < -0.4 is 5.73 Å². The molecular weight excluding hydrogens is 192 g/mol. The molecule has 80 valence electrons. The van der Waals surface area contributed by atoms with E-state index in [1.165, 1.54) is 0 Å². The fraction of sp³-hybridized carbons (Fsp3) is 0.455. The Hall–Kier alpha value is -1.58. The van der Waals surface area contributed by atoms with Gasteiger partial charge in [0.15, 0.2) is 0 Å². The number of nitrogen functional groups attached to an aromatic ring is 1. The number of anilines is 1. The van der Waals surface area contributed by atoms with Crippen LogP contribution in [0.4, 0.5) is 5.69 Å². The fourth-order valence-electron chi connectivity index (χ4n) is 1.40. The minimum absolute atomic E-state index is 0.145. The second-order valence-corrected chi connectivity index (χ2v) is 3.80. The number of aromatic nitrogens is 1. The molecule has 0 amide bonds. The van der Waals surface area contributed by atoms with E-state index in [2.05, 4.69) is 4.98 Å². The molecule has 1 fully saturated rings. The summed E-state index contributed by atoms with van der Waals surface area (Å²) in [6.07, 6.45) is 5.09. The van der Waals surface area contributed by atoms with E-state index in [1.54, 1.807) is 18.3 Å². The molecule has 1 aromatic rings.